The number of carbonyl (C=O) groups is 1. The van der Waals surface area contributed by atoms with Crippen molar-refractivity contribution in [1.82, 2.24) is 0 Å². The summed E-state index contributed by atoms with van der Waals surface area (Å²) in [5, 5.41) is 0. The number of hydrogen-bond acceptors (Lipinski definition) is 6. The number of hydrogen-bond donors (Lipinski definition) is 1. The topological polar surface area (TPSA) is 80.0 Å². The van der Waals surface area contributed by atoms with Crippen LogP contribution in [0.2, 0.25) is 0 Å². The molecule has 0 aromatic heterocycles. The highest BCUT2D eigenvalue weighted by Gasteiger charge is 1.94. The summed E-state index contributed by atoms with van der Waals surface area (Å²) >= 11 is 0. The molecule has 6 nitrogen and oxygen atoms in total. The zero-order chi connectivity index (χ0) is 12.8. The molecule has 0 aliphatic rings. The van der Waals surface area contributed by atoms with Gasteiger partial charge in [0, 0.05) is 6.54 Å². The van der Waals surface area contributed by atoms with Crippen LogP contribution < -0.4 is 5.73 Å². The zero-order valence-electron chi connectivity index (χ0n) is 10.5. The molecule has 0 radical (unpaired) electrons. The maximum atomic E-state index is 10.5. The summed E-state index contributed by atoms with van der Waals surface area (Å²) in [6.07, 6.45) is 0. The van der Waals surface area contributed by atoms with Crippen LogP contribution in [0.15, 0.2) is 0 Å². The third kappa shape index (κ3) is 15.5. The van der Waals surface area contributed by atoms with Gasteiger partial charge in [-0.05, 0) is 6.92 Å². The largest absolute Gasteiger partial charge is 0.378 e. The first kappa shape index (κ1) is 16.5. The number of nitrogens with two attached hydrogens (primary N) is 1. The second kappa shape index (κ2) is 13.5. The van der Waals surface area contributed by atoms with Gasteiger partial charge in [0.15, 0.2) is 5.78 Å². The smallest absolute Gasteiger partial charge is 0.155 e. The summed E-state index contributed by atoms with van der Waals surface area (Å²) in [5.74, 6) is 0.0193. The van der Waals surface area contributed by atoms with Crippen molar-refractivity contribution in [2.24, 2.45) is 5.73 Å². The predicted octanol–water partition coefficient (Wildman–Crippen LogP) is -0.399. The molecule has 0 aliphatic heterocycles. The molecular formula is C11H23NO5. The molecule has 0 heterocycles. The molecular weight excluding hydrogens is 226 g/mol. The van der Waals surface area contributed by atoms with E-state index in [-0.39, 0.29) is 12.4 Å². The molecule has 6 heteroatoms. The number of carbonyl (C=O) groups excluding carboxylic acids is 1. The van der Waals surface area contributed by atoms with Crippen molar-refractivity contribution in [3.63, 3.8) is 0 Å². The van der Waals surface area contributed by atoms with E-state index in [1.165, 1.54) is 6.92 Å². The number of Topliss-reactive ketones (excluding diaryl/α,β-unsaturated/α-hetero) is 1. The standard InChI is InChI=1S/C11H23NO5/c1-11(13)10-17-9-8-16-7-6-15-5-4-14-3-2-12/h2-10,12H2,1H3. The average molecular weight is 249 g/mol. The van der Waals surface area contributed by atoms with E-state index in [0.29, 0.717) is 52.8 Å². The lowest BCUT2D eigenvalue weighted by atomic mass is 10.5. The van der Waals surface area contributed by atoms with E-state index >= 15 is 0 Å². The Hall–Kier alpha value is -0.530. The molecule has 0 rings (SSSR count). The van der Waals surface area contributed by atoms with Crippen molar-refractivity contribution in [2.45, 2.75) is 6.92 Å². The van der Waals surface area contributed by atoms with E-state index in [4.69, 9.17) is 24.7 Å². The van der Waals surface area contributed by atoms with Crippen molar-refractivity contribution in [1.29, 1.82) is 0 Å². The SMILES string of the molecule is CC(=O)COCCOCCOCCOCCN. The Morgan fingerprint density at radius 2 is 1.24 bits per heavy atom. The Morgan fingerprint density at radius 3 is 1.65 bits per heavy atom. The Balaban J connectivity index is 2.91. The minimum atomic E-state index is 0.0193. The molecule has 0 aromatic carbocycles. The fourth-order valence-corrected chi connectivity index (χ4v) is 0.959. The molecule has 0 fully saturated rings. The van der Waals surface area contributed by atoms with Gasteiger partial charge in [0.25, 0.3) is 0 Å². The molecule has 0 bridgehead atoms. The van der Waals surface area contributed by atoms with Gasteiger partial charge >= 0.3 is 0 Å². The first-order valence-electron chi connectivity index (χ1n) is 5.78. The van der Waals surface area contributed by atoms with Crippen LogP contribution in [0.5, 0.6) is 0 Å². The highest BCUT2D eigenvalue weighted by atomic mass is 16.6. The van der Waals surface area contributed by atoms with Crippen LogP contribution in [0.1, 0.15) is 6.92 Å². The lowest BCUT2D eigenvalue weighted by Crippen LogP contribution is -2.15. The summed E-state index contributed by atoms with van der Waals surface area (Å²) in [5.41, 5.74) is 5.25. The van der Waals surface area contributed by atoms with Crippen molar-refractivity contribution in [3.8, 4) is 0 Å². The molecule has 17 heavy (non-hydrogen) atoms. The monoisotopic (exact) mass is 249 g/mol. The highest BCUT2D eigenvalue weighted by molar-refractivity contribution is 5.76. The summed E-state index contributed by atoms with van der Waals surface area (Å²) in [6, 6.07) is 0. The van der Waals surface area contributed by atoms with E-state index in [0.717, 1.165) is 0 Å². The first-order valence-corrected chi connectivity index (χ1v) is 5.78. The fourth-order valence-electron chi connectivity index (χ4n) is 0.959. The summed E-state index contributed by atoms with van der Waals surface area (Å²) in [4.78, 5) is 10.5. The van der Waals surface area contributed by atoms with E-state index in [9.17, 15) is 4.79 Å². The van der Waals surface area contributed by atoms with Crippen molar-refractivity contribution < 1.29 is 23.7 Å². The number of ketones is 1. The predicted molar refractivity (Wildman–Crippen MR) is 63.0 cm³/mol. The van der Waals surface area contributed by atoms with Crippen molar-refractivity contribution in [3.05, 3.63) is 0 Å². The molecule has 0 aliphatic carbocycles. The summed E-state index contributed by atoms with van der Waals surface area (Å²) in [7, 11) is 0. The molecule has 102 valence electrons. The minimum Gasteiger partial charge on any atom is -0.378 e. The number of rotatable bonds is 13. The van der Waals surface area contributed by atoms with Gasteiger partial charge < -0.3 is 24.7 Å². The van der Waals surface area contributed by atoms with E-state index in [1.807, 2.05) is 0 Å². The van der Waals surface area contributed by atoms with Gasteiger partial charge in [0.1, 0.15) is 6.61 Å². The van der Waals surface area contributed by atoms with Crippen LogP contribution in [-0.2, 0) is 23.7 Å². The molecule has 0 unspecified atom stereocenters. The van der Waals surface area contributed by atoms with Crippen LogP contribution in [-0.4, -0.2) is 65.2 Å². The van der Waals surface area contributed by atoms with Crippen LogP contribution in [0.3, 0.4) is 0 Å². The minimum absolute atomic E-state index is 0.0193. The Kier molecular flexibility index (Phi) is 13.1. The average Bonchev–Trinajstić information content (AvgIpc) is 2.30. The van der Waals surface area contributed by atoms with Gasteiger partial charge in [-0.3, -0.25) is 4.79 Å². The lowest BCUT2D eigenvalue weighted by molar-refractivity contribution is -0.122. The maximum absolute atomic E-state index is 10.5. The maximum Gasteiger partial charge on any atom is 0.155 e. The highest BCUT2D eigenvalue weighted by Crippen LogP contribution is 1.82. The molecule has 0 spiro atoms. The van der Waals surface area contributed by atoms with Crippen LogP contribution >= 0.6 is 0 Å². The molecule has 0 saturated heterocycles. The van der Waals surface area contributed by atoms with Crippen LogP contribution in [0.4, 0.5) is 0 Å². The number of ether oxygens (including phenoxy) is 4. The molecule has 2 N–H and O–H groups in total. The molecule has 0 atom stereocenters. The second-order valence-corrected chi connectivity index (χ2v) is 3.38. The quantitative estimate of drug-likeness (QED) is 0.447. The van der Waals surface area contributed by atoms with E-state index in [1.54, 1.807) is 0 Å². The van der Waals surface area contributed by atoms with Crippen LogP contribution in [0.25, 0.3) is 0 Å². The van der Waals surface area contributed by atoms with Gasteiger partial charge in [-0.2, -0.15) is 0 Å². The van der Waals surface area contributed by atoms with Crippen LogP contribution in [0, 0.1) is 0 Å². The fraction of sp³-hybridized carbons (Fsp3) is 0.909. The van der Waals surface area contributed by atoms with Crippen molar-refractivity contribution >= 4 is 5.78 Å². The third-order valence-corrected chi connectivity index (χ3v) is 1.68. The van der Waals surface area contributed by atoms with Gasteiger partial charge in [0.2, 0.25) is 0 Å². The van der Waals surface area contributed by atoms with Gasteiger partial charge in [0.05, 0.1) is 46.2 Å². The normalized spacial score (nSPS) is 10.7. The zero-order valence-corrected chi connectivity index (χ0v) is 10.5. The van der Waals surface area contributed by atoms with Gasteiger partial charge in [-0.15, -0.1) is 0 Å². The Labute approximate surface area is 102 Å². The molecule has 0 saturated carbocycles. The lowest BCUT2D eigenvalue weighted by Gasteiger charge is -2.06. The Bertz CT molecular complexity index is 177. The Morgan fingerprint density at radius 1 is 0.824 bits per heavy atom. The third-order valence-electron chi connectivity index (χ3n) is 1.68. The first-order chi connectivity index (χ1) is 8.27. The molecule has 0 amide bonds. The molecule has 0 aromatic rings. The van der Waals surface area contributed by atoms with Crippen molar-refractivity contribution in [2.75, 3.05) is 59.4 Å². The second-order valence-electron chi connectivity index (χ2n) is 3.38. The van der Waals surface area contributed by atoms with E-state index < -0.39 is 0 Å². The van der Waals surface area contributed by atoms with Gasteiger partial charge in [-0.25, -0.2) is 0 Å². The van der Waals surface area contributed by atoms with Gasteiger partial charge in [-0.1, -0.05) is 0 Å². The van der Waals surface area contributed by atoms with E-state index in [2.05, 4.69) is 0 Å². The summed E-state index contributed by atoms with van der Waals surface area (Å²) < 4.78 is 20.6. The summed E-state index contributed by atoms with van der Waals surface area (Å²) in [6.45, 7) is 5.78.